The molecule has 0 radical (unpaired) electrons. The lowest BCUT2D eigenvalue weighted by Crippen LogP contribution is -2.26. The van der Waals surface area contributed by atoms with E-state index in [1.165, 1.54) is 11.3 Å². The molecule has 0 aliphatic carbocycles. The number of fused-ring (bicyclic) bond motifs is 1. The van der Waals surface area contributed by atoms with Crippen molar-refractivity contribution in [2.45, 2.75) is 19.8 Å². The maximum absolute atomic E-state index is 13.4. The van der Waals surface area contributed by atoms with Crippen molar-refractivity contribution < 1.29 is 9.53 Å². The van der Waals surface area contributed by atoms with Gasteiger partial charge in [0.05, 0.1) is 27.5 Å². The van der Waals surface area contributed by atoms with Crippen LogP contribution in [0.25, 0.3) is 10.2 Å². The van der Waals surface area contributed by atoms with Gasteiger partial charge in [-0.1, -0.05) is 47.7 Å². The minimum atomic E-state index is 0.0234. The van der Waals surface area contributed by atoms with Crippen LogP contribution in [0.2, 0.25) is 0 Å². The summed E-state index contributed by atoms with van der Waals surface area (Å²) in [6.45, 7) is 2.02. The van der Waals surface area contributed by atoms with Crippen molar-refractivity contribution in [1.29, 1.82) is 0 Å². The van der Waals surface area contributed by atoms with Crippen LogP contribution in [-0.2, 0) is 11.2 Å². The summed E-state index contributed by atoms with van der Waals surface area (Å²) in [6, 6.07) is 21.8. The molecule has 4 aromatic rings. The Morgan fingerprint density at radius 2 is 1.87 bits per heavy atom. The zero-order valence-corrected chi connectivity index (χ0v) is 19.2. The number of anilines is 2. The van der Waals surface area contributed by atoms with Gasteiger partial charge in [0, 0.05) is 6.42 Å². The fourth-order valence-electron chi connectivity index (χ4n) is 3.34. The molecule has 152 valence electrons. The zero-order valence-electron chi connectivity index (χ0n) is 16.8. The molecule has 1 heterocycles. The SMILES string of the molecule is COc1ccc(CCC(=O)N(c2nc3ccccc3s2)c2ccccc2C)cc1Br. The van der Waals surface area contributed by atoms with E-state index in [2.05, 4.69) is 15.9 Å². The number of para-hydroxylation sites is 2. The topological polar surface area (TPSA) is 42.4 Å². The van der Waals surface area contributed by atoms with Crippen molar-refractivity contribution in [1.82, 2.24) is 4.98 Å². The summed E-state index contributed by atoms with van der Waals surface area (Å²) in [4.78, 5) is 19.9. The number of ether oxygens (including phenoxy) is 1. The van der Waals surface area contributed by atoms with Crippen LogP contribution >= 0.6 is 27.3 Å². The molecule has 0 atom stereocenters. The number of rotatable bonds is 6. The third-order valence-corrected chi connectivity index (χ3v) is 6.56. The molecule has 0 N–H and O–H groups in total. The maximum atomic E-state index is 13.4. The van der Waals surface area contributed by atoms with Crippen molar-refractivity contribution in [3.05, 3.63) is 82.3 Å². The predicted octanol–water partition coefficient (Wildman–Crippen LogP) is 6.67. The number of amides is 1. The van der Waals surface area contributed by atoms with Gasteiger partial charge in [-0.25, -0.2) is 4.98 Å². The van der Waals surface area contributed by atoms with E-state index < -0.39 is 0 Å². The molecule has 30 heavy (non-hydrogen) atoms. The molecule has 0 saturated heterocycles. The number of aryl methyl sites for hydroxylation is 2. The van der Waals surface area contributed by atoms with Crippen molar-refractivity contribution in [2.75, 3.05) is 12.0 Å². The summed E-state index contributed by atoms with van der Waals surface area (Å²) >= 11 is 5.05. The quantitative estimate of drug-likeness (QED) is 0.309. The Balaban J connectivity index is 1.64. The Morgan fingerprint density at radius 1 is 1.10 bits per heavy atom. The molecule has 0 fully saturated rings. The average Bonchev–Trinajstić information content (AvgIpc) is 3.17. The molecule has 0 saturated carbocycles. The lowest BCUT2D eigenvalue weighted by atomic mass is 10.1. The minimum Gasteiger partial charge on any atom is -0.496 e. The maximum Gasteiger partial charge on any atom is 0.233 e. The summed E-state index contributed by atoms with van der Waals surface area (Å²) in [5, 5.41) is 0.700. The van der Waals surface area contributed by atoms with Gasteiger partial charge >= 0.3 is 0 Å². The highest BCUT2D eigenvalue weighted by molar-refractivity contribution is 9.10. The average molecular weight is 481 g/mol. The first-order valence-electron chi connectivity index (χ1n) is 9.63. The monoisotopic (exact) mass is 480 g/mol. The molecular formula is C24H21BrN2O2S. The van der Waals surface area contributed by atoms with Gasteiger partial charge in [-0.15, -0.1) is 0 Å². The normalized spacial score (nSPS) is 10.9. The molecule has 4 nitrogen and oxygen atoms in total. The standard InChI is InChI=1S/C24H21BrN2O2S/c1-16-7-3-5-9-20(16)27(24-26-19-8-4-6-10-22(19)30-24)23(28)14-12-17-11-13-21(29-2)18(25)15-17/h3-11,13,15H,12,14H2,1-2H3. The molecule has 0 aliphatic rings. The van der Waals surface area contributed by atoms with E-state index >= 15 is 0 Å². The van der Waals surface area contributed by atoms with Gasteiger partial charge in [0.15, 0.2) is 5.13 Å². The third-order valence-electron chi connectivity index (χ3n) is 4.92. The van der Waals surface area contributed by atoms with E-state index in [9.17, 15) is 4.79 Å². The van der Waals surface area contributed by atoms with Crippen molar-refractivity contribution in [3.63, 3.8) is 0 Å². The number of carbonyl (C=O) groups excluding carboxylic acids is 1. The van der Waals surface area contributed by atoms with Gasteiger partial charge in [-0.05, 0) is 70.7 Å². The zero-order chi connectivity index (χ0) is 21.1. The second kappa shape index (κ2) is 8.98. The van der Waals surface area contributed by atoms with Gasteiger partial charge in [-0.3, -0.25) is 9.69 Å². The van der Waals surface area contributed by atoms with Crippen molar-refractivity contribution >= 4 is 54.2 Å². The van der Waals surface area contributed by atoms with E-state index in [1.54, 1.807) is 12.0 Å². The van der Waals surface area contributed by atoms with Gasteiger partial charge < -0.3 is 4.74 Å². The summed E-state index contributed by atoms with van der Waals surface area (Å²) in [5.74, 6) is 0.802. The van der Waals surface area contributed by atoms with E-state index in [1.807, 2.05) is 73.7 Å². The number of hydrogen-bond donors (Lipinski definition) is 0. The van der Waals surface area contributed by atoms with Crippen molar-refractivity contribution in [3.8, 4) is 5.75 Å². The van der Waals surface area contributed by atoms with E-state index in [0.717, 1.165) is 37.3 Å². The van der Waals surface area contributed by atoms with Crippen LogP contribution in [0.1, 0.15) is 17.5 Å². The van der Waals surface area contributed by atoms with Gasteiger partial charge in [0.25, 0.3) is 0 Å². The number of aromatic nitrogens is 1. The molecule has 0 aliphatic heterocycles. The largest absolute Gasteiger partial charge is 0.496 e. The molecule has 0 unspecified atom stereocenters. The number of hydrogen-bond acceptors (Lipinski definition) is 4. The Morgan fingerprint density at radius 3 is 2.60 bits per heavy atom. The summed E-state index contributed by atoms with van der Waals surface area (Å²) < 4.78 is 7.25. The van der Waals surface area contributed by atoms with Crippen LogP contribution in [0, 0.1) is 6.92 Å². The lowest BCUT2D eigenvalue weighted by molar-refractivity contribution is -0.117. The van der Waals surface area contributed by atoms with E-state index in [4.69, 9.17) is 9.72 Å². The second-order valence-electron chi connectivity index (χ2n) is 6.95. The summed E-state index contributed by atoms with van der Waals surface area (Å²) in [6.07, 6.45) is 1.01. The summed E-state index contributed by atoms with van der Waals surface area (Å²) in [7, 11) is 1.64. The van der Waals surface area contributed by atoms with Crippen LogP contribution in [0.3, 0.4) is 0 Å². The molecule has 4 rings (SSSR count). The number of benzene rings is 3. The fourth-order valence-corrected chi connectivity index (χ4v) is 4.93. The molecule has 1 amide bonds. The minimum absolute atomic E-state index is 0.0234. The molecule has 0 spiro atoms. The highest BCUT2D eigenvalue weighted by Gasteiger charge is 2.23. The highest BCUT2D eigenvalue weighted by atomic mass is 79.9. The molecule has 0 bridgehead atoms. The van der Waals surface area contributed by atoms with Crippen LogP contribution in [0.5, 0.6) is 5.75 Å². The molecular weight excluding hydrogens is 460 g/mol. The highest BCUT2D eigenvalue weighted by Crippen LogP contribution is 2.35. The fraction of sp³-hybridized carbons (Fsp3) is 0.167. The third kappa shape index (κ3) is 4.25. The van der Waals surface area contributed by atoms with Crippen LogP contribution < -0.4 is 9.64 Å². The molecule has 3 aromatic carbocycles. The van der Waals surface area contributed by atoms with Crippen LogP contribution in [0.4, 0.5) is 10.8 Å². The molecule has 6 heteroatoms. The van der Waals surface area contributed by atoms with Gasteiger partial charge in [0.1, 0.15) is 5.75 Å². The number of methoxy groups -OCH3 is 1. The van der Waals surface area contributed by atoms with Crippen LogP contribution in [-0.4, -0.2) is 18.0 Å². The van der Waals surface area contributed by atoms with E-state index in [-0.39, 0.29) is 5.91 Å². The first kappa shape index (κ1) is 20.6. The van der Waals surface area contributed by atoms with Crippen molar-refractivity contribution in [2.24, 2.45) is 0 Å². The lowest BCUT2D eigenvalue weighted by Gasteiger charge is -2.22. The smallest absolute Gasteiger partial charge is 0.233 e. The molecule has 1 aromatic heterocycles. The Kier molecular flexibility index (Phi) is 6.16. The first-order valence-corrected chi connectivity index (χ1v) is 11.2. The van der Waals surface area contributed by atoms with E-state index in [0.29, 0.717) is 18.0 Å². The number of carbonyl (C=O) groups is 1. The van der Waals surface area contributed by atoms with Crippen LogP contribution in [0.15, 0.2) is 71.2 Å². The number of halogens is 1. The van der Waals surface area contributed by atoms with Gasteiger partial charge in [-0.2, -0.15) is 0 Å². The first-order chi connectivity index (χ1) is 14.6. The predicted molar refractivity (Wildman–Crippen MR) is 127 cm³/mol. The Bertz CT molecular complexity index is 1170. The number of nitrogens with zero attached hydrogens (tertiary/aromatic N) is 2. The Labute approximate surface area is 188 Å². The second-order valence-corrected chi connectivity index (χ2v) is 8.81. The summed E-state index contributed by atoms with van der Waals surface area (Å²) in [5.41, 5.74) is 3.89. The Hall–Kier alpha value is -2.70. The number of thiazole rings is 1. The van der Waals surface area contributed by atoms with Gasteiger partial charge in [0.2, 0.25) is 5.91 Å².